The van der Waals surface area contributed by atoms with Crippen LogP contribution in [0, 0.1) is 0 Å². The highest BCUT2D eigenvalue weighted by Crippen LogP contribution is 2.22. The number of carbonyl (C=O) groups is 1. The molecule has 0 aliphatic carbocycles. The van der Waals surface area contributed by atoms with Gasteiger partial charge >= 0.3 is 0 Å². The number of ketones is 1. The fourth-order valence-corrected chi connectivity index (χ4v) is 4.17. The van der Waals surface area contributed by atoms with Crippen LogP contribution in [0.3, 0.4) is 0 Å². The van der Waals surface area contributed by atoms with Gasteiger partial charge < -0.3 is 9.15 Å². The fourth-order valence-electron chi connectivity index (χ4n) is 2.14. The van der Waals surface area contributed by atoms with E-state index >= 15 is 0 Å². The van der Waals surface area contributed by atoms with E-state index in [0.717, 1.165) is 4.88 Å². The predicted molar refractivity (Wildman–Crippen MR) is 93.5 cm³/mol. The number of rotatable bonds is 7. The Labute approximate surface area is 149 Å². The molecule has 0 aliphatic rings. The summed E-state index contributed by atoms with van der Waals surface area (Å²) in [6.45, 7) is 0.0929. The molecule has 0 fully saturated rings. The molecular formula is C17H15NO5S2. The van der Waals surface area contributed by atoms with Gasteiger partial charge in [0.2, 0.25) is 15.8 Å². The van der Waals surface area contributed by atoms with Crippen LogP contribution in [-0.4, -0.2) is 21.3 Å². The summed E-state index contributed by atoms with van der Waals surface area (Å²) in [5.74, 6) is 0.493. The summed E-state index contributed by atoms with van der Waals surface area (Å²) < 4.78 is 37.4. The van der Waals surface area contributed by atoms with Crippen molar-refractivity contribution in [2.75, 3.05) is 7.11 Å². The van der Waals surface area contributed by atoms with E-state index in [4.69, 9.17) is 9.15 Å². The van der Waals surface area contributed by atoms with E-state index < -0.39 is 10.0 Å². The van der Waals surface area contributed by atoms with E-state index in [2.05, 4.69) is 4.72 Å². The first kappa shape index (κ1) is 17.4. The first-order chi connectivity index (χ1) is 12.0. The minimum atomic E-state index is -3.67. The number of sulfonamides is 1. The zero-order valence-electron chi connectivity index (χ0n) is 13.3. The molecule has 0 amide bonds. The molecule has 3 aromatic rings. The van der Waals surface area contributed by atoms with E-state index in [1.165, 1.54) is 36.8 Å². The topological polar surface area (TPSA) is 85.6 Å². The van der Waals surface area contributed by atoms with Crippen LogP contribution >= 0.6 is 11.3 Å². The lowest BCUT2D eigenvalue weighted by Crippen LogP contribution is -2.22. The molecule has 1 N–H and O–H groups in total. The average Bonchev–Trinajstić information content (AvgIpc) is 3.31. The average molecular weight is 377 g/mol. The SMILES string of the molecule is COc1cccc(S(=O)(=O)NCc2ccc(C(=O)c3ccco3)s2)c1. The summed E-state index contributed by atoms with van der Waals surface area (Å²) in [6.07, 6.45) is 1.43. The molecule has 0 saturated carbocycles. The van der Waals surface area contributed by atoms with Crippen LogP contribution in [0.1, 0.15) is 20.3 Å². The summed E-state index contributed by atoms with van der Waals surface area (Å²) in [5.41, 5.74) is 0. The number of ether oxygens (including phenoxy) is 1. The third-order valence-electron chi connectivity index (χ3n) is 3.42. The molecule has 0 aliphatic heterocycles. The van der Waals surface area contributed by atoms with E-state index in [1.807, 2.05) is 0 Å². The minimum Gasteiger partial charge on any atom is -0.497 e. The second-order valence-electron chi connectivity index (χ2n) is 5.08. The van der Waals surface area contributed by atoms with Crippen molar-refractivity contribution < 1.29 is 22.4 Å². The van der Waals surface area contributed by atoms with E-state index in [9.17, 15) is 13.2 Å². The van der Waals surface area contributed by atoms with Gasteiger partial charge in [-0.2, -0.15) is 0 Å². The molecule has 0 bridgehead atoms. The van der Waals surface area contributed by atoms with Crippen LogP contribution in [0.15, 0.2) is 64.1 Å². The molecule has 2 heterocycles. The predicted octanol–water partition coefficient (Wildman–Crippen LogP) is 3.06. The van der Waals surface area contributed by atoms with Gasteiger partial charge in [0.05, 0.1) is 23.1 Å². The highest BCUT2D eigenvalue weighted by molar-refractivity contribution is 7.89. The van der Waals surface area contributed by atoms with Crippen molar-refractivity contribution >= 4 is 27.1 Å². The van der Waals surface area contributed by atoms with Gasteiger partial charge in [-0.05, 0) is 36.4 Å². The molecule has 0 spiro atoms. The van der Waals surface area contributed by atoms with Crippen LogP contribution in [0.2, 0.25) is 0 Å². The van der Waals surface area contributed by atoms with Crippen LogP contribution < -0.4 is 9.46 Å². The quantitative estimate of drug-likeness (QED) is 0.640. The van der Waals surface area contributed by atoms with Crippen LogP contribution in [-0.2, 0) is 16.6 Å². The normalized spacial score (nSPS) is 11.4. The lowest BCUT2D eigenvalue weighted by molar-refractivity contribution is 0.101. The molecule has 25 heavy (non-hydrogen) atoms. The maximum Gasteiger partial charge on any atom is 0.241 e. The van der Waals surface area contributed by atoms with Gasteiger partial charge in [-0.25, -0.2) is 13.1 Å². The van der Waals surface area contributed by atoms with Gasteiger partial charge in [-0.1, -0.05) is 6.07 Å². The Hall–Kier alpha value is -2.42. The highest BCUT2D eigenvalue weighted by Gasteiger charge is 2.17. The number of methoxy groups -OCH3 is 1. The Bertz CT molecular complexity index is 974. The lowest BCUT2D eigenvalue weighted by Gasteiger charge is -2.07. The molecule has 130 valence electrons. The van der Waals surface area contributed by atoms with Gasteiger partial charge in [0, 0.05) is 17.5 Å². The summed E-state index contributed by atoms with van der Waals surface area (Å²) in [4.78, 5) is 13.5. The van der Waals surface area contributed by atoms with Crippen molar-refractivity contribution in [2.24, 2.45) is 0 Å². The number of hydrogen-bond donors (Lipinski definition) is 1. The van der Waals surface area contributed by atoms with Crippen molar-refractivity contribution in [3.8, 4) is 5.75 Å². The third-order valence-corrected chi connectivity index (χ3v) is 5.90. The number of furan rings is 1. The van der Waals surface area contributed by atoms with Gasteiger partial charge in [-0.15, -0.1) is 11.3 Å². The molecule has 2 aromatic heterocycles. The van der Waals surface area contributed by atoms with Gasteiger partial charge in [0.25, 0.3) is 0 Å². The van der Waals surface area contributed by atoms with Crippen molar-refractivity contribution in [3.63, 3.8) is 0 Å². The van der Waals surface area contributed by atoms with Gasteiger partial charge in [0.1, 0.15) is 5.75 Å². The number of nitrogens with one attached hydrogen (secondary N) is 1. The van der Waals surface area contributed by atoms with E-state index in [1.54, 1.807) is 36.4 Å². The maximum atomic E-state index is 12.4. The molecule has 3 rings (SSSR count). The Morgan fingerprint density at radius 3 is 2.76 bits per heavy atom. The van der Waals surface area contributed by atoms with Crippen molar-refractivity contribution in [3.05, 3.63) is 70.3 Å². The van der Waals surface area contributed by atoms with Crippen molar-refractivity contribution in [1.82, 2.24) is 4.72 Å². The molecule has 0 unspecified atom stereocenters. The van der Waals surface area contributed by atoms with Gasteiger partial charge in [0.15, 0.2) is 5.76 Å². The number of thiophene rings is 1. The van der Waals surface area contributed by atoms with Crippen LogP contribution in [0.4, 0.5) is 0 Å². The van der Waals surface area contributed by atoms with E-state index in [-0.39, 0.29) is 23.0 Å². The molecule has 1 aromatic carbocycles. The summed E-state index contributed by atoms with van der Waals surface area (Å²) in [5, 5.41) is 0. The number of carbonyl (C=O) groups excluding carboxylic acids is 1. The second kappa shape index (κ2) is 7.22. The third kappa shape index (κ3) is 3.98. The molecule has 0 radical (unpaired) electrons. The second-order valence-corrected chi connectivity index (χ2v) is 8.01. The van der Waals surface area contributed by atoms with Crippen LogP contribution in [0.25, 0.3) is 0 Å². The first-order valence-electron chi connectivity index (χ1n) is 7.30. The Kier molecular flexibility index (Phi) is 5.03. The fraction of sp³-hybridized carbons (Fsp3) is 0.118. The number of hydrogen-bond acceptors (Lipinski definition) is 6. The van der Waals surface area contributed by atoms with Crippen molar-refractivity contribution in [1.29, 1.82) is 0 Å². The number of benzene rings is 1. The smallest absolute Gasteiger partial charge is 0.241 e. The monoisotopic (exact) mass is 377 g/mol. The first-order valence-corrected chi connectivity index (χ1v) is 9.60. The van der Waals surface area contributed by atoms with Crippen LogP contribution in [0.5, 0.6) is 5.75 Å². The van der Waals surface area contributed by atoms with E-state index in [0.29, 0.717) is 10.6 Å². The summed E-state index contributed by atoms with van der Waals surface area (Å²) in [6, 6.07) is 12.8. The maximum absolute atomic E-state index is 12.4. The molecule has 8 heteroatoms. The Morgan fingerprint density at radius 1 is 1.20 bits per heavy atom. The Morgan fingerprint density at radius 2 is 2.04 bits per heavy atom. The summed E-state index contributed by atoms with van der Waals surface area (Å²) >= 11 is 1.22. The van der Waals surface area contributed by atoms with Crippen molar-refractivity contribution in [2.45, 2.75) is 11.4 Å². The molecule has 0 atom stereocenters. The largest absolute Gasteiger partial charge is 0.497 e. The minimum absolute atomic E-state index is 0.0929. The molecule has 0 saturated heterocycles. The molecule has 6 nitrogen and oxygen atoms in total. The lowest BCUT2D eigenvalue weighted by atomic mass is 10.2. The Balaban J connectivity index is 1.70. The zero-order valence-corrected chi connectivity index (χ0v) is 14.9. The zero-order chi connectivity index (χ0) is 17.9. The summed E-state index contributed by atoms with van der Waals surface area (Å²) in [7, 11) is -2.20. The van der Waals surface area contributed by atoms with Gasteiger partial charge in [-0.3, -0.25) is 4.79 Å². The highest BCUT2D eigenvalue weighted by atomic mass is 32.2. The molecular weight excluding hydrogens is 362 g/mol. The standard InChI is InChI=1S/C17H15NO5S2/c1-22-12-4-2-5-14(10-12)25(20,21)18-11-13-7-8-16(24-13)17(19)15-6-3-9-23-15/h2-10,18H,11H2,1H3.